The number of nitrogens with zero attached hydrogens (tertiary/aromatic N) is 1. The van der Waals surface area contributed by atoms with Gasteiger partial charge >= 0.3 is 0 Å². The maximum atomic E-state index is 13.2. The third-order valence-electron chi connectivity index (χ3n) is 6.52. The molecule has 1 fully saturated rings. The van der Waals surface area contributed by atoms with Crippen molar-refractivity contribution in [1.29, 1.82) is 0 Å². The first-order chi connectivity index (χ1) is 15.0. The number of halogens is 1. The highest BCUT2D eigenvalue weighted by atomic mass is 35.5. The Morgan fingerprint density at radius 3 is 2.35 bits per heavy atom. The molecule has 4 heteroatoms. The number of hydrogen-bond donors (Lipinski definition) is 1. The Morgan fingerprint density at radius 2 is 1.68 bits per heavy atom. The summed E-state index contributed by atoms with van der Waals surface area (Å²) in [5.41, 5.74) is 5.95. The molecule has 160 valence electrons. The zero-order valence-electron chi connectivity index (χ0n) is 18.2. The van der Waals surface area contributed by atoms with Gasteiger partial charge in [0, 0.05) is 29.4 Å². The highest BCUT2D eigenvalue weighted by molar-refractivity contribution is 6.34. The molecule has 1 aliphatic rings. The predicted molar refractivity (Wildman–Crippen MR) is 128 cm³/mol. The summed E-state index contributed by atoms with van der Waals surface area (Å²) < 4.78 is 0. The van der Waals surface area contributed by atoms with Crippen LogP contribution >= 0.6 is 11.6 Å². The van der Waals surface area contributed by atoms with E-state index in [0.717, 1.165) is 29.7 Å². The van der Waals surface area contributed by atoms with E-state index in [4.69, 9.17) is 11.6 Å². The molecule has 1 aromatic heterocycles. The number of rotatable bonds is 5. The van der Waals surface area contributed by atoms with Gasteiger partial charge in [-0.25, -0.2) is 0 Å². The van der Waals surface area contributed by atoms with Crippen molar-refractivity contribution < 1.29 is 4.79 Å². The van der Waals surface area contributed by atoms with Crippen LogP contribution in [0.4, 0.5) is 0 Å². The lowest BCUT2D eigenvalue weighted by Gasteiger charge is -2.38. The third kappa shape index (κ3) is 4.83. The van der Waals surface area contributed by atoms with Crippen LogP contribution in [0.2, 0.25) is 5.02 Å². The summed E-state index contributed by atoms with van der Waals surface area (Å²) in [7, 11) is 0. The average Bonchev–Trinajstić information content (AvgIpc) is 2.79. The molecule has 1 amide bonds. The first-order valence-electron chi connectivity index (χ1n) is 11.0. The van der Waals surface area contributed by atoms with E-state index in [1.165, 1.54) is 30.4 Å². The van der Waals surface area contributed by atoms with Gasteiger partial charge in [-0.1, -0.05) is 72.8 Å². The number of hydrogen-bond acceptors (Lipinski definition) is 2. The Hall–Kier alpha value is -2.65. The molecule has 3 nitrogen and oxygen atoms in total. The Morgan fingerprint density at radius 1 is 0.968 bits per heavy atom. The van der Waals surface area contributed by atoms with Crippen molar-refractivity contribution in [3.63, 3.8) is 0 Å². The quantitative estimate of drug-likeness (QED) is 0.490. The minimum absolute atomic E-state index is 0.00737. The SMILES string of the molecule is Cc1ccc(C2(CNC(=O)c3cc(-c4ccc(C)nc4)ccc3Cl)CCCCC2)cc1. The lowest BCUT2D eigenvalue weighted by molar-refractivity contribution is 0.0937. The fourth-order valence-electron chi connectivity index (χ4n) is 4.57. The van der Waals surface area contributed by atoms with Gasteiger partial charge in [0.1, 0.15) is 0 Å². The van der Waals surface area contributed by atoms with Gasteiger partial charge in [0.2, 0.25) is 0 Å². The average molecular weight is 433 g/mol. The number of pyridine rings is 1. The molecule has 1 heterocycles. The van der Waals surface area contributed by atoms with E-state index < -0.39 is 0 Å². The van der Waals surface area contributed by atoms with Crippen molar-refractivity contribution in [3.8, 4) is 11.1 Å². The van der Waals surface area contributed by atoms with Crippen LogP contribution in [0, 0.1) is 13.8 Å². The number of carbonyl (C=O) groups is 1. The molecule has 1 aliphatic carbocycles. The molecule has 4 rings (SSSR count). The molecule has 0 unspecified atom stereocenters. The van der Waals surface area contributed by atoms with E-state index in [9.17, 15) is 4.79 Å². The van der Waals surface area contributed by atoms with E-state index in [0.29, 0.717) is 17.1 Å². The van der Waals surface area contributed by atoms with Gasteiger partial charge in [-0.15, -0.1) is 0 Å². The Kier molecular flexibility index (Phi) is 6.43. The second kappa shape index (κ2) is 9.23. The van der Waals surface area contributed by atoms with Gasteiger partial charge in [-0.2, -0.15) is 0 Å². The highest BCUT2D eigenvalue weighted by Gasteiger charge is 2.34. The second-order valence-electron chi connectivity index (χ2n) is 8.77. The highest BCUT2D eigenvalue weighted by Crippen LogP contribution is 2.39. The normalized spacial score (nSPS) is 15.5. The Balaban J connectivity index is 1.56. The number of aryl methyl sites for hydroxylation is 2. The van der Waals surface area contributed by atoms with Crippen LogP contribution in [0.15, 0.2) is 60.8 Å². The van der Waals surface area contributed by atoms with Gasteiger partial charge in [-0.3, -0.25) is 9.78 Å². The second-order valence-corrected chi connectivity index (χ2v) is 9.18. The van der Waals surface area contributed by atoms with Gasteiger partial charge in [-0.05, 0) is 56.0 Å². The lowest BCUT2D eigenvalue weighted by Crippen LogP contribution is -2.42. The van der Waals surface area contributed by atoms with E-state index in [-0.39, 0.29) is 11.3 Å². The maximum Gasteiger partial charge on any atom is 0.252 e. The molecular weight excluding hydrogens is 404 g/mol. The smallest absolute Gasteiger partial charge is 0.252 e. The van der Waals surface area contributed by atoms with Crippen LogP contribution in [0.1, 0.15) is 59.3 Å². The largest absolute Gasteiger partial charge is 0.351 e. The number of nitrogens with one attached hydrogen (secondary N) is 1. The van der Waals surface area contributed by atoms with Crippen LogP contribution in [0.25, 0.3) is 11.1 Å². The molecule has 31 heavy (non-hydrogen) atoms. The van der Waals surface area contributed by atoms with Crippen molar-refractivity contribution in [2.45, 2.75) is 51.4 Å². The molecule has 0 aliphatic heterocycles. The molecule has 0 spiro atoms. The standard InChI is InChI=1S/C27H29ClN2O/c1-19-6-11-23(12-7-19)27(14-4-3-5-15-27)18-30-26(31)24-16-21(10-13-25(24)28)22-9-8-20(2)29-17-22/h6-13,16-17H,3-5,14-15,18H2,1-2H3,(H,30,31). The summed E-state index contributed by atoms with van der Waals surface area (Å²) in [6.45, 7) is 4.69. The van der Waals surface area contributed by atoms with Gasteiger partial charge in [0.25, 0.3) is 5.91 Å². The molecule has 0 radical (unpaired) electrons. The van der Waals surface area contributed by atoms with Gasteiger partial charge < -0.3 is 5.32 Å². The molecule has 0 atom stereocenters. The first kappa shape index (κ1) is 21.6. The van der Waals surface area contributed by atoms with Crippen molar-refractivity contribution in [1.82, 2.24) is 10.3 Å². The first-order valence-corrected chi connectivity index (χ1v) is 11.4. The molecule has 2 aromatic carbocycles. The monoisotopic (exact) mass is 432 g/mol. The summed E-state index contributed by atoms with van der Waals surface area (Å²) in [4.78, 5) is 17.5. The number of carbonyl (C=O) groups excluding carboxylic acids is 1. The lowest BCUT2D eigenvalue weighted by atomic mass is 9.69. The van der Waals surface area contributed by atoms with E-state index in [2.05, 4.69) is 41.5 Å². The van der Waals surface area contributed by atoms with Crippen molar-refractivity contribution in [2.24, 2.45) is 0 Å². The number of benzene rings is 2. The van der Waals surface area contributed by atoms with Crippen molar-refractivity contribution in [2.75, 3.05) is 6.54 Å². The maximum absolute atomic E-state index is 13.2. The van der Waals surface area contributed by atoms with Crippen molar-refractivity contribution >= 4 is 17.5 Å². The van der Waals surface area contributed by atoms with E-state index in [1.54, 1.807) is 6.07 Å². The van der Waals surface area contributed by atoms with Gasteiger partial charge in [0.05, 0.1) is 10.6 Å². The molecule has 0 saturated heterocycles. The topological polar surface area (TPSA) is 42.0 Å². The van der Waals surface area contributed by atoms with E-state index >= 15 is 0 Å². The van der Waals surface area contributed by atoms with E-state index in [1.807, 2.05) is 37.4 Å². The van der Waals surface area contributed by atoms with Crippen LogP contribution in [0.3, 0.4) is 0 Å². The summed E-state index contributed by atoms with van der Waals surface area (Å²) in [6, 6.07) is 18.4. The van der Waals surface area contributed by atoms with Crippen LogP contribution < -0.4 is 5.32 Å². The predicted octanol–water partition coefficient (Wildman–Crippen LogP) is 6.65. The summed E-state index contributed by atoms with van der Waals surface area (Å²) in [5.74, 6) is -0.121. The molecule has 1 N–H and O–H groups in total. The summed E-state index contributed by atoms with van der Waals surface area (Å²) in [5, 5.41) is 3.68. The Labute approximate surface area is 189 Å². The zero-order chi connectivity index (χ0) is 21.8. The minimum Gasteiger partial charge on any atom is -0.351 e. The third-order valence-corrected chi connectivity index (χ3v) is 6.85. The molecule has 1 saturated carbocycles. The molecular formula is C27H29ClN2O. The van der Waals surface area contributed by atoms with Crippen LogP contribution in [0.5, 0.6) is 0 Å². The van der Waals surface area contributed by atoms with Gasteiger partial charge in [0.15, 0.2) is 0 Å². The molecule has 0 bridgehead atoms. The fraction of sp³-hybridized carbons (Fsp3) is 0.333. The van der Waals surface area contributed by atoms with Crippen LogP contribution in [-0.4, -0.2) is 17.4 Å². The van der Waals surface area contributed by atoms with Crippen molar-refractivity contribution in [3.05, 3.63) is 88.2 Å². The number of amides is 1. The Bertz CT molecular complexity index is 1050. The number of aromatic nitrogens is 1. The summed E-state index contributed by atoms with van der Waals surface area (Å²) in [6.07, 6.45) is 7.67. The molecule has 3 aromatic rings. The fourth-order valence-corrected chi connectivity index (χ4v) is 4.77. The summed E-state index contributed by atoms with van der Waals surface area (Å²) >= 11 is 6.42. The zero-order valence-corrected chi connectivity index (χ0v) is 19.0. The minimum atomic E-state index is -0.121. The van der Waals surface area contributed by atoms with Crippen LogP contribution in [-0.2, 0) is 5.41 Å².